The quantitative estimate of drug-likeness (QED) is 0.455. The Bertz CT molecular complexity index is 1360. The fourth-order valence-electron chi connectivity index (χ4n) is 4.79. The van der Waals surface area contributed by atoms with Crippen LogP contribution in [0.15, 0.2) is 65.6 Å². The summed E-state index contributed by atoms with van der Waals surface area (Å²) in [5, 5.41) is 4.78. The van der Waals surface area contributed by atoms with E-state index in [2.05, 4.69) is 15.1 Å². The lowest BCUT2D eigenvalue weighted by atomic mass is 10.00. The van der Waals surface area contributed by atoms with Crippen molar-refractivity contribution in [3.8, 4) is 11.4 Å². The number of aromatic amines is 1. The summed E-state index contributed by atoms with van der Waals surface area (Å²) in [5.74, 6) is 1.37. The molecule has 8 nitrogen and oxygen atoms in total. The molecule has 1 N–H and O–H groups in total. The minimum Gasteiger partial charge on any atom is -0.497 e. The minimum absolute atomic E-state index is 0.0462. The third-order valence-corrected chi connectivity index (χ3v) is 6.64. The van der Waals surface area contributed by atoms with Crippen LogP contribution >= 0.6 is 0 Å². The topological polar surface area (TPSA) is 93.1 Å². The van der Waals surface area contributed by atoms with E-state index in [0.717, 1.165) is 49.2 Å². The highest BCUT2D eigenvalue weighted by molar-refractivity contribution is 5.77. The number of benzene rings is 2. The van der Waals surface area contributed by atoms with E-state index in [0.29, 0.717) is 23.3 Å². The van der Waals surface area contributed by atoms with Crippen LogP contribution in [0.3, 0.4) is 0 Å². The van der Waals surface area contributed by atoms with Gasteiger partial charge >= 0.3 is 0 Å². The smallest absolute Gasteiger partial charge is 0.262 e. The molecule has 1 amide bonds. The molecule has 1 fully saturated rings. The zero-order valence-electron chi connectivity index (χ0n) is 19.8. The molecule has 35 heavy (non-hydrogen) atoms. The van der Waals surface area contributed by atoms with Gasteiger partial charge < -0.3 is 14.6 Å². The first-order valence-corrected chi connectivity index (χ1v) is 12.1. The average Bonchev–Trinajstić information content (AvgIpc) is 3.17. The number of nitrogens with zero attached hydrogens (tertiary/aromatic N) is 4. The van der Waals surface area contributed by atoms with E-state index < -0.39 is 0 Å². The van der Waals surface area contributed by atoms with E-state index in [4.69, 9.17) is 4.74 Å². The van der Waals surface area contributed by atoms with Crippen LogP contribution in [0, 0.1) is 0 Å². The number of fused-ring (bicyclic) bond motifs is 1. The number of carbonyl (C=O) groups is 1. The second-order valence-electron chi connectivity index (χ2n) is 8.87. The van der Waals surface area contributed by atoms with Crippen molar-refractivity contribution in [3.63, 3.8) is 0 Å². The summed E-state index contributed by atoms with van der Waals surface area (Å²) in [6.07, 6.45) is 6.31. The second kappa shape index (κ2) is 10.1. The number of hydrogen-bond acceptors (Lipinski definition) is 5. The number of aromatic nitrogens is 4. The molecule has 0 saturated carbocycles. The highest BCUT2D eigenvalue weighted by Crippen LogP contribution is 2.31. The van der Waals surface area contributed by atoms with E-state index in [1.165, 1.54) is 6.20 Å². The third-order valence-electron chi connectivity index (χ3n) is 6.64. The molecule has 8 heteroatoms. The maximum atomic E-state index is 13.4. The average molecular weight is 472 g/mol. The van der Waals surface area contributed by atoms with Crippen LogP contribution in [0.4, 0.5) is 0 Å². The molecule has 1 aliphatic heterocycles. The molecule has 180 valence electrons. The summed E-state index contributed by atoms with van der Waals surface area (Å²) in [6.45, 7) is 0.735. The molecule has 1 aliphatic rings. The van der Waals surface area contributed by atoms with Crippen molar-refractivity contribution in [2.45, 2.75) is 44.6 Å². The summed E-state index contributed by atoms with van der Waals surface area (Å²) in [7, 11) is 1.65. The monoisotopic (exact) mass is 471 g/mol. The van der Waals surface area contributed by atoms with Crippen molar-refractivity contribution >= 4 is 16.9 Å². The van der Waals surface area contributed by atoms with Crippen LogP contribution < -0.4 is 10.3 Å². The fourth-order valence-corrected chi connectivity index (χ4v) is 4.79. The Morgan fingerprint density at radius 3 is 2.66 bits per heavy atom. The van der Waals surface area contributed by atoms with Gasteiger partial charge in [-0.25, -0.2) is 9.67 Å². The van der Waals surface area contributed by atoms with Crippen LogP contribution in [-0.2, 0) is 11.2 Å². The maximum Gasteiger partial charge on any atom is 0.262 e. The van der Waals surface area contributed by atoms with E-state index in [1.54, 1.807) is 11.8 Å². The number of likely N-dealkylation sites (tertiary alicyclic amines) is 1. The number of H-pyrrole nitrogens is 1. The molecule has 1 saturated heterocycles. The Labute approximate surface area is 203 Å². The van der Waals surface area contributed by atoms with Crippen molar-refractivity contribution in [3.05, 3.63) is 82.5 Å². The molecule has 0 unspecified atom stereocenters. The van der Waals surface area contributed by atoms with Gasteiger partial charge in [0.25, 0.3) is 5.56 Å². The summed E-state index contributed by atoms with van der Waals surface area (Å²) < 4.78 is 6.95. The number of para-hydroxylation sites is 1. The first-order valence-electron chi connectivity index (χ1n) is 12.1. The highest BCUT2D eigenvalue weighted by atomic mass is 16.5. The van der Waals surface area contributed by atoms with Crippen LogP contribution in [0.5, 0.6) is 5.75 Å². The molecule has 4 aromatic rings. The minimum atomic E-state index is -0.245. The Kier molecular flexibility index (Phi) is 6.61. The lowest BCUT2D eigenvalue weighted by Gasteiger charge is -2.30. The van der Waals surface area contributed by atoms with Gasteiger partial charge in [0.15, 0.2) is 5.65 Å². The molecule has 2 aromatic heterocycles. The summed E-state index contributed by atoms with van der Waals surface area (Å²) in [6, 6.07) is 17.6. The highest BCUT2D eigenvalue weighted by Gasteiger charge is 2.27. The Morgan fingerprint density at radius 1 is 1.09 bits per heavy atom. The number of aryl methyl sites for hydroxylation is 1. The van der Waals surface area contributed by atoms with Gasteiger partial charge in [-0.05, 0) is 42.7 Å². The standard InChI is InChI=1S/C27H29N5O3/c1-35-21-13-11-19(12-14-21)23-10-6-3-7-17-31(23)25(33)16-15-24-29-26-22(27(34)30-24)18-28-32(26)20-8-4-2-5-9-20/h2,4-5,8-9,11-14,18,23H,3,6-7,10,15-17H2,1H3,(H,29,30,34)/t23-/m1/s1. The molecular formula is C27H29N5O3. The van der Waals surface area contributed by atoms with Crippen LogP contribution in [-0.4, -0.2) is 44.2 Å². The van der Waals surface area contributed by atoms with Gasteiger partial charge in [-0.15, -0.1) is 0 Å². The Balaban J connectivity index is 1.36. The molecule has 0 aliphatic carbocycles. The first kappa shape index (κ1) is 22.8. The van der Waals surface area contributed by atoms with Gasteiger partial charge in [-0.3, -0.25) is 9.59 Å². The number of carbonyl (C=O) groups excluding carboxylic acids is 1. The van der Waals surface area contributed by atoms with Gasteiger partial charge in [0.1, 0.15) is 17.0 Å². The molecular weight excluding hydrogens is 442 g/mol. The van der Waals surface area contributed by atoms with Gasteiger partial charge in [-0.1, -0.05) is 43.2 Å². The van der Waals surface area contributed by atoms with E-state index >= 15 is 0 Å². The van der Waals surface area contributed by atoms with Crippen molar-refractivity contribution in [1.82, 2.24) is 24.6 Å². The molecule has 1 atom stereocenters. The Hall–Kier alpha value is -3.94. The maximum absolute atomic E-state index is 13.4. The van der Waals surface area contributed by atoms with Gasteiger partial charge in [0.05, 0.1) is 25.0 Å². The largest absolute Gasteiger partial charge is 0.497 e. The zero-order valence-corrected chi connectivity index (χ0v) is 19.8. The lowest BCUT2D eigenvalue weighted by Crippen LogP contribution is -2.35. The van der Waals surface area contributed by atoms with Crippen molar-refractivity contribution < 1.29 is 9.53 Å². The van der Waals surface area contributed by atoms with Crippen molar-refractivity contribution in [2.75, 3.05) is 13.7 Å². The fraction of sp³-hybridized carbons (Fsp3) is 0.333. The van der Waals surface area contributed by atoms with E-state index in [1.807, 2.05) is 59.5 Å². The predicted molar refractivity (Wildman–Crippen MR) is 134 cm³/mol. The number of hydrogen-bond donors (Lipinski definition) is 1. The van der Waals surface area contributed by atoms with E-state index in [-0.39, 0.29) is 23.9 Å². The second-order valence-corrected chi connectivity index (χ2v) is 8.87. The van der Waals surface area contributed by atoms with Crippen LogP contribution in [0.2, 0.25) is 0 Å². The molecule has 0 bridgehead atoms. The first-order chi connectivity index (χ1) is 17.1. The van der Waals surface area contributed by atoms with Crippen molar-refractivity contribution in [1.29, 1.82) is 0 Å². The third kappa shape index (κ3) is 4.82. The molecule has 0 spiro atoms. The SMILES string of the molecule is COc1ccc([C@H]2CCCCCN2C(=O)CCc2nc3c(cnn3-c3ccccc3)c(=O)[nH]2)cc1. The van der Waals surface area contributed by atoms with Gasteiger partial charge in [0, 0.05) is 19.4 Å². The lowest BCUT2D eigenvalue weighted by molar-refractivity contribution is -0.133. The predicted octanol–water partition coefficient (Wildman–Crippen LogP) is 4.19. The zero-order chi connectivity index (χ0) is 24.2. The number of nitrogens with one attached hydrogen (secondary N) is 1. The van der Waals surface area contributed by atoms with Crippen molar-refractivity contribution in [2.24, 2.45) is 0 Å². The number of methoxy groups -OCH3 is 1. The van der Waals surface area contributed by atoms with Crippen LogP contribution in [0.25, 0.3) is 16.7 Å². The number of amides is 1. The van der Waals surface area contributed by atoms with Gasteiger partial charge in [-0.2, -0.15) is 5.10 Å². The number of rotatable bonds is 6. The summed E-state index contributed by atoms with van der Waals surface area (Å²) in [5.41, 5.74) is 2.20. The molecule has 2 aromatic carbocycles. The van der Waals surface area contributed by atoms with E-state index in [9.17, 15) is 9.59 Å². The summed E-state index contributed by atoms with van der Waals surface area (Å²) in [4.78, 5) is 35.6. The number of ether oxygens (including phenoxy) is 1. The summed E-state index contributed by atoms with van der Waals surface area (Å²) >= 11 is 0. The van der Waals surface area contributed by atoms with Gasteiger partial charge in [0.2, 0.25) is 5.91 Å². The Morgan fingerprint density at radius 2 is 1.89 bits per heavy atom. The van der Waals surface area contributed by atoms with Crippen LogP contribution in [0.1, 0.15) is 49.5 Å². The molecule has 5 rings (SSSR count). The normalized spacial score (nSPS) is 16.3. The molecule has 0 radical (unpaired) electrons. The molecule has 3 heterocycles.